The molecule has 2 aromatic rings. The van der Waals surface area contributed by atoms with Gasteiger partial charge in [0.2, 0.25) is 0 Å². The van der Waals surface area contributed by atoms with Gasteiger partial charge in [-0.25, -0.2) is 13.2 Å². The van der Waals surface area contributed by atoms with E-state index in [0.29, 0.717) is 10.0 Å². The molecule has 19 heavy (non-hydrogen) atoms. The first kappa shape index (κ1) is 14.1. The van der Waals surface area contributed by atoms with E-state index in [2.05, 4.69) is 15.9 Å². The fourth-order valence-corrected chi connectivity index (χ4v) is 2.42. The zero-order valence-electron chi connectivity index (χ0n) is 10.1. The summed E-state index contributed by atoms with van der Waals surface area (Å²) in [7, 11) is 0. The number of benzene rings is 2. The number of hydrogen-bond donors (Lipinski definition) is 1. The molecule has 0 heterocycles. The van der Waals surface area contributed by atoms with Gasteiger partial charge in [-0.15, -0.1) is 0 Å². The second-order valence-corrected chi connectivity index (χ2v) is 5.12. The maximum absolute atomic E-state index is 13.8. The topological polar surface area (TPSA) is 26.0 Å². The fourth-order valence-electron chi connectivity index (χ4n) is 1.82. The molecule has 2 aromatic carbocycles. The second-order valence-electron chi connectivity index (χ2n) is 4.27. The highest BCUT2D eigenvalue weighted by Gasteiger charge is 2.18. The summed E-state index contributed by atoms with van der Waals surface area (Å²) in [6, 6.07) is 5.21. The Morgan fingerprint density at radius 2 is 1.68 bits per heavy atom. The third kappa shape index (κ3) is 2.82. The van der Waals surface area contributed by atoms with E-state index in [1.165, 1.54) is 25.1 Å². The molecule has 0 fully saturated rings. The van der Waals surface area contributed by atoms with Crippen LogP contribution < -0.4 is 5.73 Å². The van der Waals surface area contributed by atoms with E-state index in [4.69, 9.17) is 5.73 Å². The van der Waals surface area contributed by atoms with Crippen molar-refractivity contribution in [3.05, 3.63) is 68.9 Å². The third-order valence-electron chi connectivity index (χ3n) is 2.91. The minimum Gasteiger partial charge on any atom is -0.320 e. The summed E-state index contributed by atoms with van der Waals surface area (Å²) in [6.07, 6.45) is 0. The average Bonchev–Trinajstić information content (AvgIpc) is 2.33. The molecule has 0 amide bonds. The number of halogens is 4. The summed E-state index contributed by atoms with van der Waals surface area (Å²) in [5, 5.41) is 0. The maximum atomic E-state index is 13.8. The third-order valence-corrected chi connectivity index (χ3v) is 3.60. The van der Waals surface area contributed by atoms with Gasteiger partial charge < -0.3 is 5.73 Å². The summed E-state index contributed by atoms with van der Waals surface area (Å²) < 4.78 is 40.8. The van der Waals surface area contributed by atoms with Gasteiger partial charge in [0, 0.05) is 10.0 Å². The molecule has 1 unspecified atom stereocenters. The van der Waals surface area contributed by atoms with Crippen LogP contribution in [-0.2, 0) is 0 Å². The van der Waals surface area contributed by atoms with Gasteiger partial charge in [0.15, 0.2) is 0 Å². The van der Waals surface area contributed by atoms with E-state index in [-0.39, 0.29) is 11.1 Å². The maximum Gasteiger partial charge on any atom is 0.128 e. The Morgan fingerprint density at radius 1 is 1.00 bits per heavy atom. The van der Waals surface area contributed by atoms with Gasteiger partial charge in [-0.2, -0.15) is 0 Å². The van der Waals surface area contributed by atoms with Crippen LogP contribution in [0.2, 0.25) is 0 Å². The first-order valence-corrected chi connectivity index (χ1v) is 6.35. The van der Waals surface area contributed by atoms with Crippen molar-refractivity contribution in [1.82, 2.24) is 0 Å². The lowest BCUT2D eigenvalue weighted by Gasteiger charge is -2.16. The molecule has 0 aliphatic heterocycles. The Morgan fingerprint density at radius 3 is 2.32 bits per heavy atom. The quantitative estimate of drug-likeness (QED) is 0.876. The van der Waals surface area contributed by atoms with Crippen molar-refractivity contribution in [2.75, 3.05) is 0 Å². The monoisotopic (exact) mass is 329 g/mol. The van der Waals surface area contributed by atoms with Crippen molar-refractivity contribution in [2.24, 2.45) is 5.73 Å². The van der Waals surface area contributed by atoms with Crippen LogP contribution in [0.15, 0.2) is 34.8 Å². The van der Waals surface area contributed by atoms with Gasteiger partial charge in [-0.1, -0.05) is 22.0 Å². The number of rotatable bonds is 2. The van der Waals surface area contributed by atoms with Crippen LogP contribution in [0.1, 0.15) is 22.7 Å². The molecule has 0 aliphatic rings. The molecule has 0 saturated carbocycles. The predicted molar refractivity (Wildman–Crippen MR) is 71.2 cm³/mol. The first-order chi connectivity index (χ1) is 8.90. The summed E-state index contributed by atoms with van der Waals surface area (Å²) in [5.74, 6) is -1.54. The number of nitrogens with two attached hydrogens (primary N) is 1. The molecule has 0 aliphatic carbocycles. The highest BCUT2D eigenvalue weighted by Crippen LogP contribution is 2.29. The number of hydrogen-bond acceptors (Lipinski definition) is 1. The van der Waals surface area contributed by atoms with E-state index in [0.717, 1.165) is 12.1 Å². The Labute approximate surface area is 117 Å². The van der Waals surface area contributed by atoms with Gasteiger partial charge in [0.05, 0.1) is 6.04 Å². The molecule has 0 aromatic heterocycles. The van der Waals surface area contributed by atoms with Crippen molar-refractivity contribution in [3.8, 4) is 0 Å². The van der Waals surface area contributed by atoms with Gasteiger partial charge in [0.1, 0.15) is 17.5 Å². The highest BCUT2D eigenvalue weighted by molar-refractivity contribution is 9.10. The molecular formula is C14H11BrF3N. The van der Waals surface area contributed by atoms with Crippen molar-refractivity contribution >= 4 is 15.9 Å². The van der Waals surface area contributed by atoms with Crippen molar-refractivity contribution in [1.29, 1.82) is 0 Å². The molecule has 1 nitrogen and oxygen atoms in total. The van der Waals surface area contributed by atoms with Crippen LogP contribution in [-0.4, -0.2) is 0 Å². The van der Waals surface area contributed by atoms with Crippen LogP contribution in [0.5, 0.6) is 0 Å². The Bertz CT molecular complexity index is 628. The fraction of sp³-hybridized carbons (Fsp3) is 0.143. The standard InChI is InChI=1S/C14H11BrF3N/c1-7-4-13(18)10(6-12(7)17)14(19)9-3-2-8(16)5-11(9)15/h2-6,14H,19H2,1H3. The molecule has 1 atom stereocenters. The summed E-state index contributed by atoms with van der Waals surface area (Å²) >= 11 is 3.17. The van der Waals surface area contributed by atoms with Gasteiger partial charge in [0.25, 0.3) is 0 Å². The Hall–Kier alpha value is -1.33. The van der Waals surface area contributed by atoms with E-state index >= 15 is 0 Å². The molecule has 0 saturated heterocycles. The van der Waals surface area contributed by atoms with Crippen LogP contribution >= 0.6 is 15.9 Å². The first-order valence-electron chi connectivity index (χ1n) is 5.56. The lowest BCUT2D eigenvalue weighted by molar-refractivity contribution is 0.570. The lowest BCUT2D eigenvalue weighted by atomic mass is 9.98. The molecule has 0 radical (unpaired) electrons. The molecule has 2 rings (SSSR count). The summed E-state index contributed by atoms with van der Waals surface area (Å²) in [6.45, 7) is 1.47. The average molecular weight is 330 g/mol. The molecule has 100 valence electrons. The zero-order valence-corrected chi connectivity index (χ0v) is 11.6. The van der Waals surface area contributed by atoms with Crippen LogP contribution in [0, 0.1) is 24.4 Å². The van der Waals surface area contributed by atoms with Gasteiger partial charge in [-0.3, -0.25) is 0 Å². The van der Waals surface area contributed by atoms with E-state index in [1.54, 1.807) is 0 Å². The predicted octanol–water partition coefficient (Wildman–Crippen LogP) is 4.22. The molecule has 2 N–H and O–H groups in total. The van der Waals surface area contributed by atoms with E-state index in [1.807, 2.05) is 0 Å². The second kappa shape index (κ2) is 5.35. The zero-order chi connectivity index (χ0) is 14.2. The van der Waals surface area contributed by atoms with E-state index < -0.39 is 23.5 Å². The van der Waals surface area contributed by atoms with Crippen molar-refractivity contribution in [2.45, 2.75) is 13.0 Å². The number of aryl methyl sites for hydroxylation is 1. The lowest BCUT2D eigenvalue weighted by Crippen LogP contribution is -2.15. The Kier molecular flexibility index (Phi) is 3.96. The summed E-state index contributed by atoms with van der Waals surface area (Å²) in [4.78, 5) is 0. The minimum atomic E-state index is -0.870. The molecule has 5 heteroatoms. The van der Waals surface area contributed by atoms with E-state index in [9.17, 15) is 13.2 Å². The van der Waals surface area contributed by atoms with Crippen LogP contribution in [0.25, 0.3) is 0 Å². The highest BCUT2D eigenvalue weighted by atomic mass is 79.9. The smallest absolute Gasteiger partial charge is 0.128 e. The molecular weight excluding hydrogens is 319 g/mol. The van der Waals surface area contributed by atoms with Crippen LogP contribution in [0.4, 0.5) is 13.2 Å². The van der Waals surface area contributed by atoms with Gasteiger partial charge >= 0.3 is 0 Å². The minimum absolute atomic E-state index is 0.0374. The Balaban J connectivity index is 2.49. The summed E-state index contributed by atoms with van der Waals surface area (Å²) in [5.41, 5.74) is 6.67. The largest absolute Gasteiger partial charge is 0.320 e. The SMILES string of the molecule is Cc1cc(F)c(C(N)c2ccc(F)cc2Br)cc1F. The van der Waals surface area contributed by atoms with Crippen molar-refractivity contribution < 1.29 is 13.2 Å². The van der Waals surface area contributed by atoms with Crippen molar-refractivity contribution in [3.63, 3.8) is 0 Å². The normalized spacial score (nSPS) is 12.5. The molecule has 0 bridgehead atoms. The molecule has 0 spiro atoms. The van der Waals surface area contributed by atoms with Crippen LogP contribution in [0.3, 0.4) is 0 Å². The van der Waals surface area contributed by atoms with Gasteiger partial charge in [-0.05, 0) is 42.3 Å².